The molecule has 34 heavy (non-hydrogen) atoms. The Hall–Kier alpha value is -2.42. The molecule has 4 atom stereocenters. The lowest BCUT2D eigenvalue weighted by molar-refractivity contribution is -0.142. The number of thiol groups is 1. The monoisotopic (exact) mass is 505 g/mol. The van der Waals surface area contributed by atoms with Crippen LogP contribution in [-0.2, 0) is 24.0 Å². The van der Waals surface area contributed by atoms with Crippen LogP contribution in [-0.4, -0.2) is 77.7 Å². The van der Waals surface area contributed by atoms with E-state index in [9.17, 15) is 29.1 Å². The van der Waals surface area contributed by atoms with E-state index in [0.717, 1.165) is 0 Å². The number of hydrogen-bond donors (Lipinski definition) is 9. The Balaban J connectivity index is 5.47. The van der Waals surface area contributed by atoms with E-state index < -0.39 is 53.8 Å². The second-order valence-electron chi connectivity index (χ2n) is 7.88. The maximum Gasteiger partial charge on any atom is 0.326 e. The van der Waals surface area contributed by atoms with Crippen LogP contribution in [0.25, 0.3) is 0 Å². The lowest BCUT2D eigenvalue weighted by Crippen LogP contribution is -2.57. The van der Waals surface area contributed by atoms with Crippen LogP contribution in [0.5, 0.6) is 0 Å². The molecule has 0 aromatic heterocycles. The molecular formula is C20H39N7O6S. The lowest BCUT2D eigenvalue weighted by Gasteiger charge is -2.25. The molecule has 12 N–H and O–H groups in total. The first-order chi connectivity index (χ1) is 16.1. The maximum atomic E-state index is 12.9. The normalized spacial score (nSPS) is 14.4. The van der Waals surface area contributed by atoms with Gasteiger partial charge in [0.1, 0.15) is 18.1 Å². The molecule has 0 aliphatic heterocycles. The molecule has 13 nitrogen and oxygen atoms in total. The van der Waals surface area contributed by atoms with Crippen molar-refractivity contribution in [1.29, 1.82) is 0 Å². The second kappa shape index (κ2) is 18.0. The molecule has 0 heterocycles. The van der Waals surface area contributed by atoms with Gasteiger partial charge in [-0.25, -0.2) is 4.79 Å². The molecule has 0 saturated heterocycles. The van der Waals surface area contributed by atoms with Gasteiger partial charge in [-0.3, -0.25) is 19.2 Å². The third kappa shape index (κ3) is 13.3. The highest BCUT2D eigenvalue weighted by Gasteiger charge is 2.30. The minimum Gasteiger partial charge on any atom is -0.480 e. The van der Waals surface area contributed by atoms with E-state index in [1.807, 2.05) is 0 Å². The minimum absolute atomic E-state index is 0.0628. The van der Waals surface area contributed by atoms with E-state index in [4.69, 9.17) is 22.9 Å². The van der Waals surface area contributed by atoms with Gasteiger partial charge in [-0.15, -0.1) is 0 Å². The lowest BCUT2D eigenvalue weighted by atomic mass is 10.0. The van der Waals surface area contributed by atoms with E-state index in [-0.39, 0.29) is 31.4 Å². The van der Waals surface area contributed by atoms with Crippen molar-refractivity contribution in [3.05, 3.63) is 0 Å². The highest BCUT2D eigenvalue weighted by molar-refractivity contribution is 7.80. The number of primary amides is 1. The van der Waals surface area contributed by atoms with Crippen molar-refractivity contribution in [2.45, 2.75) is 75.5 Å². The fourth-order valence-corrected chi connectivity index (χ4v) is 3.14. The molecule has 0 aromatic rings. The average molecular weight is 506 g/mol. The molecule has 196 valence electrons. The molecule has 0 fully saturated rings. The molecule has 0 aliphatic rings. The molecule has 0 aliphatic carbocycles. The second-order valence-corrected chi connectivity index (χ2v) is 8.25. The topological polar surface area (TPSA) is 246 Å². The molecule has 4 amide bonds. The summed E-state index contributed by atoms with van der Waals surface area (Å²) >= 11 is 3.97. The van der Waals surface area contributed by atoms with Gasteiger partial charge in [0, 0.05) is 12.2 Å². The van der Waals surface area contributed by atoms with Gasteiger partial charge in [-0.05, 0) is 58.0 Å². The number of carboxylic acid groups (broad SMARTS) is 1. The van der Waals surface area contributed by atoms with Gasteiger partial charge in [-0.2, -0.15) is 12.6 Å². The van der Waals surface area contributed by atoms with E-state index in [2.05, 4.69) is 28.6 Å². The number of aliphatic carboxylic acids is 1. The summed E-state index contributed by atoms with van der Waals surface area (Å²) in [4.78, 5) is 60.7. The Bertz CT molecular complexity index is 682. The van der Waals surface area contributed by atoms with Gasteiger partial charge in [-0.1, -0.05) is 0 Å². The quantitative estimate of drug-likeness (QED) is 0.0653. The third-order valence-electron chi connectivity index (χ3n) is 4.99. The van der Waals surface area contributed by atoms with Gasteiger partial charge in [0.15, 0.2) is 0 Å². The molecule has 0 spiro atoms. The summed E-state index contributed by atoms with van der Waals surface area (Å²) in [5.41, 5.74) is 21.8. The molecule has 0 radical (unpaired) electrons. The largest absolute Gasteiger partial charge is 0.480 e. The molecule has 0 aromatic carbocycles. The highest BCUT2D eigenvalue weighted by atomic mass is 32.1. The number of unbranched alkanes of at least 4 members (excludes halogenated alkanes) is 2. The summed E-state index contributed by atoms with van der Waals surface area (Å²) in [7, 11) is 0. The van der Waals surface area contributed by atoms with E-state index in [0.29, 0.717) is 38.8 Å². The number of carboxylic acids is 1. The van der Waals surface area contributed by atoms with Crippen LogP contribution in [0.4, 0.5) is 0 Å². The summed E-state index contributed by atoms with van der Waals surface area (Å²) in [5, 5.41) is 16.8. The average Bonchev–Trinajstić information content (AvgIpc) is 2.79. The SMILES string of the molecule is NCCCCC(NC(=O)C(CCC(N)=O)NC(=O)C(CCCCN)NC(=O)C(N)CS)C(=O)O. The van der Waals surface area contributed by atoms with Crippen molar-refractivity contribution in [2.24, 2.45) is 22.9 Å². The predicted molar refractivity (Wildman–Crippen MR) is 129 cm³/mol. The smallest absolute Gasteiger partial charge is 0.326 e. The third-order valence-corrected chi connectivity index (χ3v) is 5.38. The zero-order valence-electron chi connectivity index (χ0n) is 19.3. The van der Waals surface area contributed by atoms with Crippen LogP contribution >= 0.6 is 12.6 Å². The number of nitrogens with two attached hydrogens (primary N) is 4. The molecule has 0 saturated carbocycles. The van der Waals surface area contributed by atoms with Crippen LogP contribution in [0.1, 0.15) is 51.4 Å². The van der Waals surface area contributed by atoms with Crippen molar-refractivity contribution >= 4 is 42.2 Å². The molecule has 0 rings (SSSR count). The Morgan fingerprint density at radius 3 is 1.62 bits per heavy atom. The zero-order chi connectivity index (χ0) is 26.1. The van der Waals surface area contributed by atoms with Gasteiger partial charge < -0.3 is 44.0 Å². The van der Waals surface area contributed by atoms with Crippen molar-refractivity contribution in [2.75, 3.05) is 18.8 Å². The van der Waals surface area contributed by atoms with Crippen molar-refractivity contribution in [3.63, 3.8) is 0 Å². The van der Waals surface area contributed by atoms with E-state index >= 15 is 0 Å². The summed E-state index contributed by atoms with van der Waals surface area (Å²) in [6, 6.07) is -4.40. The van der Waals surface area contributed by atoms with Crippen molar-refractivity contribution in [3.8, 4) is 0 Å². The molecular weight excluding hydrogens is 466 g/mol. The summed E-state index contributed by atoms with van der Waals surface area (Å²) < 4.78 is 0. The number of hydrogen-bond acceptors (Lipinski definition) is 9. The zero-order valence-corrected chi connectivity index (χ0v) is 20.2. The van der Waals surface area contributed by atoms with Gasteiger partial charge in [0.2, 0.25) is 23.6 Å². The summed E-state index contributed by atoms with van der Waals surface area (Å²) in [5.74, 6) is -3.93. The van der Waals surface area contributed by atoms with E-state index in [1.54, 1.807) is 0 Å². The number of nitrogens with one attached hydrogen (secondary N) is 3. The van der Waals surface area contributed by atoms with Crippen molar-refractivity contribution in [1.82, 2.24) is 16.0 Å². The highest BCUT2D eigenvalue weighted by Crippen LogP contribution is 2.07. The van der Waals surface area contributed by atoms with Crippen LogP contribution in [0.3, 0.4) is 0 Å². The molecule has 0 bridgehead atoms. The van der Waals surface area contributed by atoms with Gasteiger partial charge in [0.05, 0.1) is 6.04 Å². The number of carbonyl (C=O) groups excluding carboxylic acids is 4. The number of amides is 4. The van der Waals surface area contributed by atoms with E-state index in [1.165, 1.54) is 0 Å². The van der Waals surface area contributed by atoms with Crippen LogP contribution in [0.15, 0.2) is 0 Å². The Morgan fingerprint density at radius 1 is 0.735 bits per heavy atom. The fraction of sp³-hybridized carbons (Fsp3) is 0.750. The Kier molecular flexibility index (Phi) is 16.7. The van der Waals surface area contributed by atoms with Gasteiger partial charge >= 0.3 is 5.97 Å². The first-order valence-electron chi connectivity index (χ1n) is 11.3. The number of carbonyl (C=O) groups is 5. The summed E-state index contributed by atoms with van der Waals surface area (Å²) in [6.45, 7) is 0.772. The molecule has 14 heteroatoms. The predicted octanol–water partition coefficient (Wildman–Crippen LogP) is -2.69. The van der Waals surface area contributed by atoms with Gasteiger partial charge in [0.25, 0.3) is 0 Å². The number of rotatable bonds is 19. The fourth-order valence-electron chi connectivity index (χ4n) is 2.97. The Morgan fingerprint density at radius 2 is 1.18 bits per heavy atom. The van der Waals surface area contributed by atoms with Crippen LogP contribution in [0, 0.1) is 0 Å². The minimum atomic E-state index is -1.25. The first kappa shape index (κ1) is 31.6. The summed E-state index contributed by atoms with van der Waals surface area (Å²) in [6.07, 6.45) is 2.19. The van der Waals surface area contributed by atoms with Crippen molar-refractivity contribution < 1.29 is 29.1 Å². The standard InChI is InChI=1S/C20H39N7O6S/c21-9-3-1-5-13(25-17(29)12(23)11-34)18(30)26-14(7-8-16(24)28)19(31)27-15(20(32)33)6-2-4-10-22/h12-15,34H,1-11,21-23H2,(H2,24,28)(H,25,29)(H,26,30)(H,27,31)(H,32,33). The molecule has 4 unspecified atom stereocenters. The first-order valence-corrected chi connectivity index (χ1v) is 11.9. The maximum absolute atomic E-state index is 12.9. The van der Waals surface area contributed by atoms with Crippen LogP contribution < -0.4 is 38.9 Å². The van der Waals surface area contributed by atoms with Crippen LogP contribution in [0.2, 0.25) is 0 Å². The Labute approximate surface area is 204 Å².